The third-order valence-electron chi connectivity index (χ3n) is 5.42. The fraction of sp³-hybridized carbons (Fsp3) is 0.421. The normalized spacial score (nSPS) is 21.9. The Bertz CT molecular complexity index is 802. The fourth-order valence-electron chi connectivity index (χ4n) is 2.87. The van der Waals surface area contributed by atoms with E-state index >= 15 is 0 Å². The second kappa shape index (κ2) is 6.32. The molecule has 2 saturated heterocycles. The van der Waals surface area contributed by atoms with Crippen molar-refractivity contribution in [2.24, 2.45) is 0 Å². The predicted molar refractivity (Wildman–Crippen MR) is 101 cm³/mol. The highest BCUT2D eigenvalue weighted by atomic mass is 16.7. The monoisotopic (exact) mass is 370 g/mol. The molecule has 3 rings (SSSR count). The van der Waals surface area contributed by atoms with Crippen molar-refractivity contribution in [1.29, 1.82) is 0 Å². The summed E-state index contributed by atoms with van der Waals surface area (Å²) in [6.45, 7) is 7.95. The number of hydrogen-bond acceptors (Lipinski definition) is 5. The van der Waals surface area contributed by atoms with Crippen LogP contribution < -0.4 is 5.46 Å². The van der Waals surface area contributed by atoms with Gasteiger partial charge in [0.05, 0.1) is 11.2 Å². The summed E-state index contributed by atoms with van der Waals surface area (Å²) in [6.07, 6.45) is 1.48. The summed E-state index contributed by atoms with van der Waals surface area (Å²) in [7, 11) is 2.22. The Balaban J connectivity index is 1.84. The number of rotatable bonds is 2. The molecule has 2 fully saturated rings. The third kappa shape index (κ3) is 3.19. The van der Waals surface area contributed by atoms with Gasteiger partial charge in [0.2, 0.25) is 0 Å². The maximum Gasteiger partial charge on any atom is 0.494 e. The van der Waals surface area contributed by atoms with Gasteiger partial charge in [-0.1, -0.05) is 24.3 Å². The van der Waals surface area contributed by atoms with Crippen LogP contribution in [0.25, 0.3) is 6.08 Å². The Morgan fingerprint density at radius 2 is 1.30 bits per heavy atom. The summed E-state index contributed by atoms with van der Waals surface area (Å²) in [5.41, 5.74) is 0.606. The lowest BCUT2D eigenvalue weighted by molar-refractivity contribution is -0.134. The van der Waals surface area contributed by atoms with Crippen molar-refractivity contribution >= 4 is 36.5 Å². The molecular formula is C19H23BN2O5. The molecule has 0 spiro atoms. The Hall–Kier alpha value is -2.45. The molecule has 2 heterocycles. The molecule has 7 nitrogen and oxygen atoms in total. The lowest BCUT2D eigenvalue weighted by Crippen LogP contribution is -2.52. The molecule has 0 atom stereocenters. The van der Waals surface area contributed by atoms with Crippen LogP contribution in [0.3, 0.4) is 0 Å². The van der Waals surface area contributed by atoms with Crippen LogP contribution in [0.2, 0.25) is 0 Å². The number of urea groups is 1. The molecule has 27 heavy (non-hydrogen) atoms. The van der Waals surface area contributed by atoms with E-state index in [1.165, 1.54) is 20.2 Å². The van der Waals surface area contributed by atoms with Gasteiger partial charge in [0, 0.05) is 14.1 Å². The van der Waals surface area contributed by atoms with E-state index in [2.05, 4.69) is 0 Å². The number of carbonyl (C=O) groups excluding carboxylic acids is 3. The van der Waals surface area contributed by atoms with E-state index < -0.39 is 36.2 Å². The zero-order valence-electron chi connectivity index (χ0n) is 16.4. The number of carbonyl (C=O) groups is 3. The standard InChI is InChI=1S/C19H23BN2O5/c1-18(2)19(3,4)27-20(26-18)13-9-7-12(8-10-13)11-14-15(23)21(5)17(25)22(6)16(14)24/h7-11H,1-6H3. The summed E-state index contributed by atoms with van der Waals surface area (Å²) in [6, 6.07) is 6.60. The average molecular weight is 370 g/mol. The van der Waals surface area contributed by atoms with E-state index in [9.17, 15) is 14.4 Å². The molecule has 0 radical (unpaired) electrons. The van der Waals surface area contributed by atoms with E-state index in [4.69, 9.17) is 9.31 Å². The van der Waals surface area contributed by atoms with E-state index in [0.717, 1.165) is 15.3 Å². The molecular weight excluding hydrogens is 347 g/mol. The molecule has 1 aromatic carbocycles. The van der Waals surface area contributed by atoms with E-state index in [1.807, 2.05) is 39.8 Å². The predicted octanol–water partition coefficient (Wildman–Crippen LogP) is 1.42. The zero-order valence-corrected chi connectivity index (χ0v) is 16.4. The third-order valence-corrected chi connectivity index (χ3v) is 5.42. The Morgan fingerprint density at radius 3 is 1.74 bits per heavy atom. The average Bonchev–Trinajstić information content (AvgIpc) is 2.83. The van der Waals surface area contributed by atoms with Crippen LogP contribution in [0, 0.1) is 0 Å². The second-order valence-electron chi connectivity index (χ2n) is 7.82. The number of amides is 4. The quantitative estimate of drug-likeness (QED) is 0.447. The molecule has 142 valence electrons. The number of likely N-dealkylation sites (N-methyl/N-ethyl adjacent to an activating group) is 2. The smallest absolute Gasteiger partial charge is 0.399 e. The van der Waals surface area contributed by atoms with Gasteiger partial charge in [-0.15, -0.1) is 0 Å². The van der Waals surface area contributed by atoms with Gasteiger partial charge < -0.3 is 9.31 Å². The van der Waals surface area contributed by atoms with Crippen molar-refractivity contribution in [3.05, 3.63) is 35.4 Å². The van der Waals surface area contributed by atoms with Crippen molar-refractivity contribution in [2.45, 2.75) is 38.9 Å². The molecule has 0 aromatic heterocycles. The molecule has 4 amide bonds. The van der Waals surface area contributed by atoms with Gasteiger partial charge in [0.25, 0.3) is 11.8 Å². The fourth-order valence-corrected chi connectivity index (χ4v) is 2.87. The summed E-state index contributed by atoms with van der Waals surface area (Å²) in [5.74, 6) is -1.23. The molecule has 1 aromatic rings. The SMILES string of the molecule is CN1C(=O)C(=Cc2ccc(B3OC(C)(C)C(C)(C)O3)cc2)C(=O)N(C)C1=O. The first-order valence-electron chi connectivity index (χ1n) is 8.72. The molecule has 0 saturated carbocycles. The second-order valence-corrected chi connectivity index (χ2v) is 7.82. The zero-order chi connectivity index (χ0) is 20.1. The summed E-state index contributed by atoms with van der Waals surface area (Å²) < 4.78 is 12.0. The Kier molecular flexibility index (Phi) is 4.52. The Labute approximate surface area is 159 Å². The minimum absolute atomic E-state index is 0.0528. The number of imide groups is 2. The van der Waals surface area contributed by atoms with Crippen LogP contribution >= 0.6 is 0 Å². The van der Waals surface area contributed by atoms with Crippen LogP contribution in [0.15, 0.2) is 29.8 Å². The van der Waals surface area contributed by atoms with Crippen molar-refractivity contribution in [1.82, 2.24) is 9.80 Å². The molecule has 2 aliphatic rings. The van der Waals surface area contributed by atoms with Crippen molar-refractivity contribution < 1.29 is 23.7 Å². The van der Waals surface area contributed by atoms with E-state index in [0.29, 0.717) is 5.56 Å². The van der Waals surface area contributed by atoms with Crippen LogP contribution in [-0.4, -0.2) is 60.1 Å². The van der Waals surface area contributed by atoms with Crippen molar-refractivity contribution in [3.63, 3.8) is 0 Å². The van der Waals surface area contributed by atoms with Crippen molar-refractivity contribution in [3.8, 4) is 0 Å². The van der Waals surface area contributed by atoms with Gasteiger partial charge in [-0.3, -0.25) is 19.4 Å². The first-order valence-corrected chi connectivity index (χ1v) is 8.72. The topological polar surface area (TPSA) is 76.2 Å². The summed E-state index contributed by atoms with van der Waals surface area (Å²) in [5, 5.41) is 0. The van der Waals surface area contributed by atoms with Gasteiger partial charge in [-0.25, -0.2) is 4.79 Å². The first kappa shape index (κ1) is 19.3. The van der Waals surface area contributed by atoms with E-state index in [-0.39, 0.29) is 5.57 Å². The summed E-state index contributed by atoms with van der Waals surface area (Å²) in [4.78, 5) is 38.2. The van der Waals surface area contributed by atoms with Gasteiger partial charge in [0.15, 0.2) is 0 Å². The Morgan fingerprint density at radius 1 is 0.852 bits per heavy atom. The lowest BCUT2D eigenvalue weighted by Gasteiger charge is -2.32. The molecule has 0 N–H and O–H groups in total. The molecule has 8 heteroatoms. The van der Waals surface area contributed by atoms with Gasteiger partial charge in [-0.05, 0) is 44.8 Å². The van der Waals surface area contributed by atoms with Crippen LogP contribution in [0.1, 0.15) is 33.3 Å². The highest BCUT2D eigenvalue weighted by molar-refractivity contribution is 6.62. The largest absolute Gasteiger partial charge is 0.494 e. The molecule has 2 aliphatic heterocycles. The van der Waals surface area contributed by atoms with Gasteiger partial charge in [-0.2, -0.15) is 0 Å². The molecule has 0 aliphatic carbocycles. The van der Waals surface area contributed by atoms with Gasteiger partial charge >= 0.3 is 13.1 Å². The van der Waals surface area contributed by atoms with Gasteiger partial charge in [0.1, 0.15) is 5.57 Å². The van der Waals surface area contributed by atoms with Crippen LogP contribution in [0.4, 0.5) is 4.79 Å². The first-order chi connectivity index (χ1) is 12.4. The number of nitrogens with zero attached hydrogens (tertiary/aromatic N) is 2. The highest BCUT2D eigenvalue weighted by Crippen LogP contribution is 2.36. The highest BCUT2D eigenvalue weighted by Gasteiger charge is 2.51. The maximum atomic E-state index is 12.3. The van der Waals surface area contributed by atoms with Crippen LogP contribution in [-0.2, 0) is 18.9 Å². The maximum absolute atomic E-state index is 12.3. The minimum atomic E-state index is -0.641. The van der Waals surface area contributed by atoms with E-state index in [1.54, 1.807) is 12.1 Å². The lowest BCUT2D eigenvalue weighted by atomic mass is 9.79. The van der Waals surface area contributed by atoms with Crippen LogP contribution in [0.5, 0.6) is 0 Å². The summed E-state index contributed by atoms with van der Waals surface area (Å²) >= 11 is 0. The van der Waals surface area contributed by atoms with Crippen molar-refractivity contribution in [2.75, 3.05) is 14.1 Å². The number of barbiturate groups is 1. The molecule has 0 unspecified atom stereocenters. The number of benzene rings is 1. The number of hydrogen-bond donors (Lipinski definition) is 0. The minimum Gasteiger partial charge on any atom is -0.399 e. The molecule has 0 bridgehead atoms.